The number of rotatable bonds is 10. The zero-order valence-electron chi connectivity index (χ0n) is 14.7. The molecular weight excluding hydrogens is 320 g/mol. The number of β-lactam (4-membered cyclic amide) rings is 1. The van der Waals surface area contributed by atoms with Gasteiger partial charge in [-0.15, -0.1) is 11.8 Å². The Bertz CT molecular complexity index is 535. The van der Waals surface area contributed by atoms with Gasteiger partial charge in [-0.1, -0.05) is 50.1 Å². The topological polar surface area (TPSA) is 49.4 Å². The molecule has 2 amide bonds. The summed E-state index contributed by atoms with van der Waals surface area (Å²) in [6, 6.07) is 10.5. The first-order valence-electron chi connectivity index (χ1n) is 8.77. The third-order valence-corrected chi connectivity index (χ3v) is 5.67. The third-order valence-electron chi connectivity index (χ3n) is 4.52. The van der Waals surface area contributed by atoms with E-state index in [0.717, 1.165) is 19.3 Å². The van der Waals surface area contributed by atoms with Gasteiger partial charge in [0.1, 0.15) is 6.54 Å². The molecule has 1 N–H and O–H groups in total. The number of nitrogens with one attached hydrogen (secondary N) is 1. The van der Waals surface area contributed by atoms with Crippen molar-refractivity contribution in [3.05, 3.63) is 35.9 Å². The molecule has 0 radical (unpaired) electrons. The van der Waals surface area contributed by atoms with Crippen molar-refractivity contribution in [1.29, 1.82) is 0 Å². The van der Waals surface area contributed by atoms with E-state index in [2.05, 4.69) is 29.6 Å². The normalized spacial score (nSPS) is 19.9. The van der Waals surface area contributed by atoms with Crippen LogP contribution in [0.5, 0.6) is 0 Å². The highest BCUT2D eigenvalue weighted by Gasteiger charge is 2.44. The SMILES string of the molecule is CS[C@H]1[C@@H](C)C(=O)N1CC(=O)NCCCCCCc1ccccc1. The van der Waals surface area contributed by atoms with E-state index in [9.17, 15) is 9.59 Å². The standard InChI is InChI=1S/C19H28N2O2S/c1-15-18(23)21(19(15)24-2)14-17(22)20-13-9-4-3-6-10-16-11-7-5-8-12-16/h5,7-8,11-12,15,19H,3-4,6,9-10,13-14H2,1-2H3,(H,20,22)/t15-,19-/m0/s1. The van der Waals surface area contributed by atoms with Gasteiger partial charge in [-0.3, -0.25) is 9.59 Å². The first-order valence-corrected chi connectivity index (χ1v) is 10.1. The van der Waals surface area contributed by atoms with Crippen LogP contribution in [0.4, 0.5) is 0 Å². The number of carbonyl (C=O) groups excluding carboxylic acids is 2. The lowest BCUT2D eigenvalue weighted by Crippen LogP contribution is -2.60. The quantitative estimate of drug-likeness (QED) is 0.522. The predicted molar refractivity (Wildman–Crippen MR) is 99.8 cm³/mol. The molecule has 132 valence electrons. The van der Waals surface area contributed by atoms with Crippen molar-refractivity contribution in [1.82, 2.24) is 10.2 Å². The van der Waals surface area contributed by atoms with Crippen LogP contribution in [-0.4, -0.2) is 41.4 Å². The molecule has 5 heteroatoms. The summed E-state index contributed by atoms with van der Waals surface area (Å²) in [4.78, 5) is 25.4. The molecule has 2 atom stereocenters. The van der Waals surface area contributed by atoms with Crippen LogP contribution >= 0.6 is 11.8 Å². The molecule has 1 saturated heterocycles. The Morgan fingerprint density at radius 2 is 1.88 bits per heavy atom. The van der Waals surface area contributed by atoms with E-state index in [-0.39, 0.29) is 29.7 Å². The van der Waals surface area contributed by atoms with Gasteiger partial charge in [0.25, 0.3) is 0 Å². The van der Waals surface area contributed by atoms with Gasteiger partial charge in [0.05, 0.1) is 11.3 Å². The van der Waals surface area contributed by atoms with Crippen LogP contribution in [0.2, 0.25) is 0 Å². The molecule has 0 saturated carbocycles. The van der Waals surface area contributed by atoms with Gasteiger partial charge in [-0.2, -0.15) is 0 Å². The Balaban J connectivity index is 1.50. The van der Waals surface area contributed by atoms with E-state index in [1.807, 2.05) is 19.2 Å². The van der Waals surface area contributed by atoms with E-state index in [4.69, 9.17) is 0 Å². The van der Waals surface area contributed by atoms with Crippen molar-refractivity contribution in [3.63, 3.8) is 0 Å². The molecule has 0 unspecified atom stereocenters. The number of likely N-dealkylation sites (tertiary alicyclic amines) is 1. The lowest BCUT2D eigenvalue weighted by molar-refractivity contribution is -0.152. The molecule has 1 heterocycles. The molecule has 4 nitrogen and oxygen atoms in total. The zero-order chi connectivity index (χ0) is 17.4. The molecule has 24 heavy (non-hydrogen) atoms. The summed E-state index contributed by atoms with van der Waals surface area (Å²) in [5.41, 5.74) is 1.39. The fourth-order valence-corrected chi connectivity index (χ4v) is 4.04. The Morgan fingerprint density at radius 1 is 1.17 bits per heavy atom. The lowest BCUT2D eigenvalue weighted by Gasteiger charge is -2.44. The fraction of sp³-hybridized carbons (Fsp3) is 0.579. The van der Waals surface area contributed by atoms with Gasteiger partial charge in [-0.25, -0.2) is 0 Å². The van der Waals surface area contributed by atoms with Crippen molar-refractivity contribution >= 4 is 23.6 Å². The molecule has 1 aromatic carbocycles. The van der Waals surface area contributed by atoms with Crippen molar-refractivity contribution in [2.75, 3.05) is 19.3 Å². The van der Waals surface area contributed by atoms with Crippen molar-refractivity contribution in [3.8, 4) is 0 Å². The van der Waals surface area contributed by atoms with Crippen LogP contribution in [0.3, 0.4) is 0 Å². The molecule has 1 fully saturated rings. The largest absolute Gasteiger partial charge is 0.355 e. The third kappa shape index (κ3) is 5.26. The van der Waals surface area contributed by atoms with Crippen molar-refractivity contribution < 1.29 is 9.59 Å². The van der Waals surface area contributed by atoms with E-state index in [0.29, 0.717) is 6.54 Å². The van der Waals surface area contributed by atoms with Gasteiger partial charge in [-0.05, 0) is 31.1 Å². The maximum atomic E-state index is 11.9. The van der Waals surface area contributed by atoms with Crippen molar-refractivity contribution in [2.45, 2.75) is 44.4 Å². The van der Waals surface area contributed by atoms with E-state index < -0.39 is 0 Å². The van der Waals surface area contributed by atoms with E-state index in [1.165, 1.54) is 18.4 Å². The van der Waals surface area contributed by atoms with Crippen LogP contribution < -0.4 is 5.32 Å². The smallest absolute Gasteiger partial charge is 0.239 e. The molecule has 1 aromatic rings. The van der Waals surface area contributed by atoms with Crippen LogP contribution in [0.1, 0.15) is 38.2 Å². The first kappa shape index (κ1) is 18.8. The van der Waals surface area contributed by atoms with Crippen LogP contribution in [0.15, 0.2) is 30.3 Å². The van der Waals surface area contributed by atoms with Gasteiger partial charge in [0.2, 0.25) is 11.8 Å². The summed E-state index contributed by atoms with van der Waals surface area (Å²) in [6.45, 7) is 2.82. The van der Waals surface area contributed by atoms with Crippen LogP contribution in [0, 0.1) is 5.92 Å². The highest BCUT2D eigenvalue weighted by Crippen LogP contribution is 2.32. The Labute approximate surface area is 149 Å². The minimum absolute atomic E-state index is 0.0393. The Kier molecular flexibility index (Phi) is 7.63. The number of nitrogens with zero attached hydrogens (tertiary/aromatic N) is 1. The number of aryl methyl sites for hydroxylation is 1. The molecule has 1 aliphatic heterocycles. The molecule has 1 aliphatic rings. The number of unbranched alkanes of at least 4 members (excludes halogenated alkanes) is 3. The van der Waals surface area contributed by atoms with Gasteiger partial charge in [0.15, 0.2) is 0 Å². The summed E-state index contributed by atoms with van der Waals surface area (Å²) in [5, 5.41) is 3.08. The summed E-state index contributed by atoms with van der Waals surface area (Å²) in [5.74, 6) is 0.0846. The molecule has 0 spiro atoms. The van der Waals surface area contributed by atoms with E-state index in [1.54, 1.807) is 16.7 Å². The highest BCUT2D eigenvalue weighted by molar-refractivity contribution is 7.99. The molecule has 2 rings (SSSR count). The fourth-order valence-electron chi connectivity index (χ4n) is 3.09. The van der Waals surface area contributed by atoms with E-state index >= 15 is 0 Å². The van der Waals surface area contributed by atoms with Gasteiger partial charge in [0, 0.05) is 6.54 Å². The lowest BCUT2D eigenvalue weighted by atomic mass is 10.0. The number of hydrogen-bond acceptors (Lipinski definition) is 3. The number of thioether (sulfide) groups is 1. The second-order valence-corrected chi connectivity index (χ2v) is 7.34. The minimum atomic E-state index is -0.0430. The van der Waals surface area contributed by atoms with Crippen LogP contribution in [0.25, 0.3) is 0 Å². The summed E-state index contributed by atoms with van der Waals surface area (Å²) in [6.07, 6.45) is 7.60. The van der Waals surface area contributed by atoms with Gasteiger partial charge >= 0.3 is 0 Å². The average Bonchev–Trinajstić information content (AvgIpc) is 2.61. The number of hydrogen-bond donors (Lipinski definition) is 1. The molecular formula is C19H28N2O2S. The Morgan fingerprint density at radius 3 is 2.58 bits per heavy atom. The molecule has 0 aliphatic carbocycles. The second kappa shape index (κ2) is 9.72. The number of carbonyl (C=O) groups is 2. The summed E-state index contributed by atoms with van der Waals surface area (Å²) >= 11 is 1.63. The highest BCUT2D eigenvalue weighted by atomic mass is 32.2. The molecule has 0 aromatic heterocycles. The maximum absolute atomic E-state index is 11.9. The first-order chi connectivity index (χ1) is 11.6. The molecule has 0 bridgehead atoms. The van der Waals surface area contributed by atoms with Crippen LogP contribution in [-0.2, 0) is 16.0 Å². The predicted octanol–water partition coefficient (Wildman–Crippen LogP) is 3.07. The number of amides is 2. The number of benzene rings is 1. The second-order valence-electron chi connectivity index (χ2n) is 6.38. The zero-order valence-corrected chi connectivity index (χ0v) is 15.5. The monoisotopic (exact) mass is 348 g/mol. The maximum Gasteiger partial charge on any atom is 0.239 e. The van der Waals surface area contributed by atoms with Crippen molar-refractivity contribution in [2.24, 2.45) is 5.92 Å². The minimum Gasteiger partial charge on any atom is -0.355 e. The summed E-state index contributed by atoms with van der Waals surface area (Å²) < 4.78 is 0. The van der Waals surface area contributed by atoms with Gasteiger partial charge < -0.3 is 10.2 Å². The average molecular weight is 349 g/mol. The Hall–Kier alpha value is -1.49. The summed E-state index contributed by atoms with van der Waals surface area (Å²) in [7, 11) is 0.